The molecule has 6 aliphatic carbocycles. The van der Waals surface area contributed by atoms with Gasteiger partial charge in [-0.25, -0.2) is 0 Å². The fraction of sp³-hybridized carbons (Fsp3) is 0.636. The van der Waals surface area contributed by atoms with Crippen LogP contribution >= 0.6 is 0 Å². The molecule has 0 aromatic rings. The molecule has 6 bridgehead atoms. The molecule has 12 unspecified atom stereocenters. The Morgan fingerprint density at radius 3 is 1.67 bits per heavy atom. The van der Waals surface area contributed by atoms with Gasteiger partial charge in [0.2, 0.25) is 0 Å². The van der Waals surface area contributed by atoms with Gasteiger partial charge < -0.3 is 28.8 Å². The Morgan fingerprint density at radius 2 is 1.13 bits per heavy atom. The van der Waals surface area contributed by atoms with E-state index in [9.17, 15) is 33.9 Å². The number of carboxylic acids is 1. The molecule has 45 heavy (non-hydrogen) atoms. The maximum Gasteiger partial charge on any atom is 0.315 e. The minimum atomic E-state index is -1.18. The van der Waals surface area contributed by atoms with Crippen molar-refractivity contribution < 1.29 is 57.6 Å². The van der Waals surface area contributed by atoms with Crippen LogP contribution in [0.15, 0.2) is 35.8 Å². The molecule has 0 spiro atoms. The third kappa shape index (κ3) is 5.15. The monoisotopic (exact) mass is 626 g/mol. The standard InChI is InChI=1S/C33H38O12/c1-4-8-43-31(38)24-16-10-18(26(24)28(34)35)20(12-16)45-33(40)27-19-11-17(25(27)29(36)41-3)13-21(19)44-32(39)23-15-7-6-14(9-15)22(23)30(37)42-5-2/h6-7,12-19,22-27H,4-5,8-11H2,1-3H3,(H,34,35). The lowest BCUT2D eigenvalue weighted by Crippen LogP contribution is -2.40. The molecule has 242 valence electrons. The highest BCUT2D eigenvalue weighted by atomic mass is 16.6. The van der Waals surface area contributed by atoms with Gasteiger partial charge in [-0.05, 0) is 68.4 Å². The molecule has 12 heteroatoms. The summed E-state index contributed by atoms with van der Waals surface area (Å²) in [5, 5.41) is 9.98. The van der Waals surface area contributed by atoms with Crippen LogP contribution in [0.5, 0.6) is 0 Å². The average molecular weight is 627 g/mol. The van der Waals surface area contributed by atoms with Crippen molar-refractivity contribution >= 4 is 35.8 Å². The van der Waals surface area contributed by atoms with Crippen LogP contribution in [-0.4, -0.2) is 61.2 Å². The van der Waals surface area contributed by atoms with Gasteiger partial charge in [0.05, 0.1) is 55.8 Å². The van der Waals surface area contributed by atoms with Gasteiger partial charge in [0.15, 0.2) is 0 Å². The Labute approximate surface area is 260 Å². The van der Waals surface area contributed by atoms with E-state index in [1.807, 2.05) is 19.1 Å². The maximum absolute atomic E-state index is 13.8. The summed E-state index contributed by atoms with van der Waals surface area (Å²) in [6.45, 7) is 3.93. The van der Waals surface area contributed by atoms with Crippen LogP contribution in [0.3, 0.4) is 0 Å². The fourth-order valence-corrected chi connectivity index (χ4v) is 8.81. The van der Waals surface area contributed by atoms with E-state index in [0.29, 0.717) is 25.7 Å². The van der Waals surface area contributed by atoms with Gasteiger partial charge in [-0.15, -0.1) is 0 Å². The summed E-state index contributed by atoms with van der Waals surface area (Å²) in [6, 6.07) is 0. The summed E-state index contributed by atoms with van der Waals surface area (Å²) >= 11 is 0. The van der Waals surface area contributed by atoms with Crippen molar-refractivity contribution in [3.05, 3.63) is 35.8 Å². The molecule has 0 aromatic carbocycles. The number of carbonyl (C=O) groups excluding carboxylic acids is 5. The van der Waals surface area contributed by atoms with Crippen LogP contribution in [0.4, 0.5) is 0 Å². The SMILES string of the molecule is CCCOC(=O)C1C2C=C(OC(=O)C3C4CC(C=C4OC(=O)C4C5C=CC(C5)C4C(=O)OCC)C3C(=O)OC)C(C2)C1C(=O)O. The van der Waals surface area contributed by atoms with Crippen molar-refractivity contribution in [1.29, 1.82) is 0 Å². The molecule has 1 N–H and O–H groups in total. The molecule has 0 radical (unpaired) electrons. The van der Waals surface area contributed by atoms with Gasteiger partial charge in [0, 0.05) is 11.8 Å². The highest BCUT2D eigenvalue weighted by Gasteiger charge is 2.61. The predicted octanol–water partition coefficient (Wildman–Crippen LogP) is 2.82. The number of rotatable bonds is 11. The first-order valence-electron chi connectivity index (χ1n) is 15.8. The third-order valence-electron chi connectivity index (χ3n) is 10.6. The summed E-state index contributed by atoms with van der Waals surface area (Å²) in [7, 11) is 1.23. The highest BCUT2D eigenvalue weighted by Crippen LogP contribution is 2.56. The van der Waals surface area contributed by atoms with E-state index in [2.05, 4.69) is 0 Å². The first-order valence-corrected chi connectivity index (χ1v) is 15.8. The summed E-state index contributed by atoms with van der Waals surface area (Å²) in [6.07, 6.45) is 9.10. The van der Waals surface area contributed by atoms with Crippen molar-refractivity contribution in [2.45, 2.75) is 39.5 Å². The molecule has 0 saturated heterocycles. The number of carboxylic acid groups (broad SMARTS) is 1. The van der Waals surface area contributed by atoms with Crippen molar-refractivity contribution in [2.75, 3.05) is 20.3 Å². The normalized spacial score (nSPS) is 38.0. The Kier molecular flexibility index (Phi) is 8.34. The minimum absolute atomic E-state index is 0.107. The summed E-state index contributed by atoms with van der Waals surface area (Å²) < 4.78 is 27.2. The first-order chi connectivity index (χ1) is 21.6. The van der Waals surface area contributed by atoms with E-state index in [4.69, 9.17) is 23.7 Å². The molecule has 0 heterocycles. The Morgan fingerprint density at radius 1 is 0.644 bits per heavy atom. The van der Waals surface area contributed by atoms with Crippen LogP contribution in [-0.2, 0) is 52.5 Å². The molecule has 0 amide bonds. The number of hydrogen-bond donors (Lipinski definition) is 1. The molecule has 0 aliphatic heterocycles. The quantitative estimate of drug-likeness (QED) is 0.203. The second kappa shape index (κ2) is 12.1. The average Bonchev–Trinajstić information content (AvgIpc) is 3.86. The molecule has 6 rings (SSSR count). The minimum Gasteiger partial charge on any atom is -0.481 e. The third-order valence-corrected chi connectivity index (χ3v) is 10.6. The molecular formula is C33H38O12. The van der Waals surface area contributed by atoms with Crippen LogP contribution in [0.25, 0.3) is 0 Å². The van der Waals surface area contributed by atoms with E-state index >= 15 is 0 Å². The maximum atomic E-state index is 13.8. The lowest BCUT2D eigenvalue weighted by atomic mass is 9.81. The van der Waals surface area contributed by atoms with E-state index in [1.54, 1.807) is 19.1 Å². The number of esters is 5. The molecule has 3 fully saturated rings. The molecule has 0 aromatic heterocycles. The fourth-order valence-electron chi connectivity index (χ4n) is 8.81. The second-order valence-corrected chi connectivity index (χ2v) is 12.9. The van der Waals surface area contributed by atoms with Crippen molar-refractivity contribution in [2.24, 2.45) is 71.0 Å². The van der Waals surface area contributed by atoms with Crippen molar-refractivity contribution in [1.82, 2.24) is 0 Å². The predicted molar refractivity (Wildman–Crippen MR) is 151 cm³/mol. The highest BCUT2D eigenvalue weighted by molar-refractivity contribution is 5.88. The number of hydrogen-bond acceptors (Lipinski definition) is 11. The number of ether oxygens (including phenoxy) is 5. The zero-order valence-corrected chi connectivity index (χ0v) is 25.4. The molecule has 12 atom stereocenters. The van der Waals surface area contributed by atoms with Gasteiger partial charge in [0.25, 0.3) is 0 Å². The van der Waals surface area contributed by atoms with Crippen LogP contribution in [0.1, 0.15) is 39.5 Å². The van der Waals surface area contributed by atoms with Gasteiger partial charge in [-0.3, -0.25) is 28.8 Å². The molecule has 6 aliphatic rings. The van der Waals surface area contributed by atoms with Crippen molar-refractivity contribution in [3.63, 3.8) is 0 Å². The van der Waals surface area contributed by atoms with Gasteiger partial charge in [0.1, 0.15) is 11.5 Å². The number of carbonyl (C=O) groups is 6. The number of allylic oxidation sites excluding steroid dienone is 6. The summed E-state index contributed by atoms with van der Waals surface area (Å²) in [5.41, 5.74) is 0. The van der Waals surface area contributed by atoms with Gasteiger partial charge >= 0.3 is 35.8 Å². The molecule has 12 nitrogen and oxygen atoms in total. The van der Waals surface area contributed by atoms with Crippen LogP contribution in [0, 0.1) is 71.0 Å². The van der Waals surface area contributed by atoms with E-state index in [-0.39, 0.29) is 36.6 Å². The molecule has 3 saturated carbocycles. The van der Waals surface area contributed by atoms with E-state index in [0.717, 1.165) is 0 Å². The van der Waals surface area contributed by atoms with E-state index < -0.39 is 95.0 Å². The summed E-state index contributed by atoms with van der Waals surface area (Å²) in [5.74, 6) is -11.5. The van der Waals surface area contributed by atoms with Crippen LogP contribution in [0.2, 0.25) is 0 Å². The lowest BCUT2D eigenvalue weighted by Gasteiger charge is -2.31. The number of fused-ring (bicyclic) bond motifs is 6. The Hall–Kier alpha value is -3.96. The van der Waals surface area contributed by atoms with Gasteiger partial charge in [-0.1, -0.05) is 19.1 Å². The Bertz CT molecular complexity index is 1390. The molecular weight excluding hydrogens is 588 g/mol. The summed E-state index contributed by atoms with van der Waals surface area (Å²) in [4.78, 5) is 77.8. The van der Waals surface area contributed by atoms with Gasteiger partial charge in [-0.2, -0.15) is 0 Å². The first kappa shape index (κ1) is 31.0. The van der Waals surface area contributed by atoms with Crippen molar-refractivity contribution in [3.8, 4) is 0 Å². The second-order valence-electron chi connectivity index (χ2n) is 12.9. The van der Waals surface area contributed by atoms with E-state index in [1.165, 1.54) is 7.11 Å². The smallest absolute Gasteiger partial charge is 0.315 e. The largest absolute Gasteiger partial charge is 0.481 e. The number of methoxy groups -OCH3 is 1. The zero-order valence-electron chi connectivity index (χ0n) is 25.4. The zero-order chi connectivity index (χ0) is 32.2. The number of aliphatic carboxylic acids is 1. The topological polar surface area (TPSA) is 169 Å². The van der Waals surface area contributed by atoms with Crippen LogP contribution < -0.4 is 0 Å². The Balaban J connectivity index is 1.19. The lowest BCUT2D eigenvalue weighted by molar-refractivity contribution is -0.163.